The molecule has 0 radical (unpaired) electrons. The molecule has 1 aromatic carbocycles. The quantitative estimate of drug-likeness (QED) is 0.898. The zero-order chi connectivity index (χ0) is 13.3. The van der Waals surface area contributed by atoms with Crippen molar-refractivity contribution in [3.63, 3.8) is 0 Å². The van der Waals surface area contributed by atoms with E-state index in [-0.39, 0.29) is 11.0 Å². The van der Waals surface area contributed by atoms with Crippen molar-refractivity contribution in [1.82, 2.24) is 0 Å². The molecule has 0 spiro atoms. The van der Waals surface area contributed by atoms with Gasteiger partial charge in [-0.25, -0.2) is 0 Å². The van der Waals surface area contributed by atoms with Gasteiger partial charge in [0.1, 0.15) is 0 Å². The fourth-order valence-electron chi connectivity index (χ4n) is 3.85. The Hall–Kier alpha value is -0.860. The number of hydrogen-bond acceptors (Lipinski definition) is 2. The van der Waals surface area contributed by atoms with Crippen LogP contribution >= 0.6 is 0 Å². The molecule has 19 heavy (non-hydrogen) atoms. The van der Waals surface area contributed by atoms with E-state index in [0.29, 0.717) is 0 Å². The maximum Gasteiger partial charge on any atom is 0.0932 e. The van der Waals surface area contributed by atoms with Crippen LogP contribution in [0.3, 0.4) is 0 Å². The highest BCUT2D eigenvalue weighted by Crippen LogP contribution is 2.53. The Morgan fingerprint density at radius 3 is 2.16 bits per heavy atom. The van der Waals surface area contributed by atoms with Crippen LogP contribution in [0.1, 0.15) is 56.1 Å². The Bertz CT molecular complexity index is 444. The molecule has 2 aliphatic rings. The molecule has 0 atom stereocenters. The average molecular weight is 259 g/mol. The third kappa shape index (κ3) is 2.11. The summed E-state index contributed by atoms with van der Waals surface area (Å²) in [7, 11) is 1.85. The van der Waals surface area contributed by atoms with Crippen molar-refractivity contribution >= 4 is 0 Å². The van der Waals surface area contributed by atoms with Crippen molar-refractivity contribution in [3.8, 4) is 0 Å². The monoisotopic (exact) mass is 259 g/mol. The summed E-state index contributed by atoms with van der Waals surface area (Å²) in [6.45, 7) is 0.768. The second kappa shape index (κ2) is 4.92. The molecule has 0 aliphatic heterocycles. The predicted molar refractivity (Wildman–Crippen MR) is 78.2 cm³/mol. The third-order valence-corrected chi connectivity index (χ3v) is 5.29. The van der Waals surface area contributed by atoms with Crippen LogP contribution in [-0.4, -0.2) is 13.7 Å². The largest absolute Gasteiger partial charge is 0.374 e. The number of methoxy groups -OCH3 is 1. The first-order valence-electron chi connectivity index (χ1n) is 7.62. The van der Waals surface area contributed by atoms with Crippen LogP contribution in [0.25, 0.3) is 0 Å². The molecule has 1 aromatic rings. The van der Waals surface area contributed by atoms with Gasteiger partial charge in [0.2, 0.25) is 0 Å². The first-order chi connectivity index (χ1) is 9.26. The van der Waals surface area contributed by atoms with E-state index in [1.165, 1.54) is 43.2 Å². The molecule has 104 valence electrons. The number of hydrogen-bond donors (Lipinski definition) is 1. The molecule has 2 fully saturated rings. The molecular formula is C17H25NO. The lowest BCUT2D eigenvalue weighted by atomic mass is 9.67. The van der Waals surface area contributed by atoms with E-state index in [4.69, 9.17) is 10.5 Å². The number of nitrogens with two attached hydrogens (primary N) is 1. The van der Waals surface area contributed by atoms with Crippen LogP contribution in [0.2, 0.25) is 0 Å². The number of ether oxygens (including phenoxy) is 1. The molecule has 3 rings (SSSR count). The molecule has 2 aliphatic carbocycles. The second-order valence-corrected chi connectivity index (χ2v) is 6.29. The minimum absolute atomic E-state index is 0.00376. The molecule has 2 nitrogen and oxygen atoms in total. The normalized spacial score (nSPS) is 24.1. The van der Waals surface area contributed by atoms with Crippen LogP contribution in [0.15, 0.2) is 24.3 Å². The smallest absolute Gasteiger partial charge is 0.0932 e. The summed E-state index contributed by atoms with van der Waals surface area (Å²) in [5.74, 6) is 0. The molecule has 0 amide bonds. The van der Waals surface area contributed by atoms with Crippen molar-refractivity contribution in [2.45, 2.75) is 56.0 Å². The molecular weight excluding hydrogens is 234 g/mol. The minimum atomic E-state index is -0.00376. The van der Waals surface area contributed by atoms with Gasteiger partial charge in [0.25, 0.3) is 0 Å². The van der Waals surface area contributed by atoms with E-state index < -0.39 is 0 Å². The Kier molecular flexibility index (Phi) is 3.40. The van der Waals surface area contributed by atoms with Gasteiger partial charge in [0.05, 0.1) is 5.60 Å². The summed E-state index contributed by atoms with van der Waals surface area (Å²) >= 11 is 0. The highest BCUT2D eigenvalue weighted by Gasteiger charge is 2.48. The van der Waals surface area contributed by atoms with Gasteiger partial charge in [-0.2, -0.15) is 0 Å². The standard InChI is InChI=1S/C17H25NO/c1-19-17(11-12-17)15-8-4-3-7-14(15)16(13-18)9-5-2-6-10-16/h3-4,7-8H,2,5-6,9-13,18H2,1H3. The highest BCUT2D eigenvalue weighted by atomic mass is 16.5. The van der Waals surface area contributed by atoms with Gasteiger partial charge in [-0.15, -0.1) is 0 Å². The van der Waals surface area contributed by atoms with Crippen molar-refractivity contribution in [2.24, 2.45) is 5.73 Å². The van der Waals surface area contributed by atoms with E-state index in [9.17, 15) is 0 Å². The lowest BCUT2D eigenvalue weighted by Crippen LogP contribution is -2.39. The van der Waals surface area contributed by atoms with E-state index in [2.05, 4.69) is 24.3 Å². The van der Waals surface area contributed by atoms with Crippen LogP contribution < -0.4 is 5.73 Å². The topological polar surface area (TPSA) is 35.2 Å². The summed E-state index contributed by atoms with van der Waals surface area (Å²) in [6.07, 6.45) is 8.76. The predicted octanol–water partition coefficient (Wildman–Crippen LogP) is 3.48. The van der Waals surface area contributed by atoms with E-state index in [1.54, 1.807) is 0 Å². The van der Waals surface area contributed by atoms with Gasteiger partial charge in [-0.3, -0.25) is 0 Å². The lowest BCUT2D eigenvalue weighted by Gasteiger charge is -2.39. The van der Waals surface area contributed by atoms with E-state index in [1.807, 2.05) is 7.11 Å². The fourth-order valence-corrected chi connectivity index (χ4v) is 3.85. The number of benzene rings is 1. The zero-order valence-electron chi connectivity index (χ0n) is 12.0. The Morgan fingerprint density at radius 1 is 1.00 bits per heavy atom. The highest BCUT2D eigenvalue weighted by molar-refractivity contribution is 5.42. The maximum absolute atomic E-state index is 6.20. The second-order valence-electron chi connectivity index (χ2n) is 6.29. The van der Waals surface area contributed by atoms with Gasteiger partial charge >= 0.3 is 0 Å². The minimum Gasteiger partial charge on any atom is -0.374 e. The first kappa shape index (κ1) is 13.1. The lowest BCUT2D eigenvalue weighted by molar-refractivity contribution is 0.0764. The Balaban J connectivity index is 2.04. The van der Waals surface area contributed by atoms with Crippen LogP contribution in [-0.2, 0) is 15.8 Å². The number of rotatable bonds is 4. The van der Waals surface area contributed by atoms with Crippen molar-refractivity contribution in [2.75, 3.05) is 13.7 Å². The Labute approximate surface area is 116 Å². The van der Waals surface area contributed by atoms with Crippen molar-refractivity contribution < 1.29 is 4.74 Å². The average Bonchev–Trinajstić information content (AvgIpc) is 3.29. The van der Waals surface area contributed by atoms with Crippen LogP contribution in [0.5, 0.6) is 0 Å². The molecule has 0 aromatic heterocycles. The first-order valence-corrected chi connectivity index (χ1v) is 7.62. The summed E-state index contributed by atoms with van der Waals surface area (Å²) < 4.78 is 5.81. The fraction of sp³-hybridized carbons (Fsp3) is 0.647. The SMILES string of the molecule is COC1(c2ccccc2C2(CN)CCCCC2)CC1. The van der Waals surface area contributed by atoms with E-state index >= 15 is 0 Å². The van der Waals surface area contributed by atoms with Gasteiger partial charge in [0.15, 0.2) is 0 Å². The molecule has 2 heteroatoms. The maximum atomic E-state index is 6.20. The molecule has 0 heterocycles. The van der Waals surface area contributed by atoms with Gasteiger partial charge < -0.3 is 10.5 Å². The summed E-state index contributed by atoms with van der Waals surface area (Å²) in [4.78, 5) is 0. The van der Waals surface area contributed by atoms with Crippen LogP contribution in [0, 0.1) is 0 Å². The van der Waals surface area contributed by atoms with E-state index in [0.717, 1.165) is 19.4 Å². The summed E-state index contributed by atoms with van der Waals surface area (Å²) in [5, 5.41) is 0. The van der Waals surface area contributed by atoms with Crippen molar-refractivity contribution in [1.29, 1.82) is 0 Å². The molecule has 2 N–H and O–H groups in total. The summed E-state index contributed by atoms with van der Waals surface area (Å²) in [6, 6.07) is 8.87. The van der Waals surface area contributed by atoms with Gasteiger partial charge in [-0.1, -0.05) is 43.5 Å². The molecule has 0 unspecified atom stereocenters. The van der Waals surface area contributed by atoms with Crippen LogP contribution in [0.4, 0.5) is 0 Å². The summed E-state index contributed by atoms with van der Waals surface area (Å²) in [5.41, 5.74) is 9.27. The molecule has 0 saturated heterocycles. The van der Waals surface area contributed by atoms with Gasteiger partial charge in [0, 0.05) is 19.1 Å². The van der Waals surface area contributed by atoms with Gasteiger partial charge in [-0.05, 0) is 36.8 Å². The van der Waals surface area contributed by atoms with Crippen molar-refractivity contribution in [3.05, 3.63) is 35.4 Å². The molecule has 2 saturated carbocycles. The third-order valence-electron chi connectivity index (χ3n) is 5.29. The zero-order valence-corrected chi connectivity index (χ0v) is 12.0. The Morgan fingerprint density at radius 2 is 1.63 bits per heavy atom. The molecule has 0 bridgehead atoms.